The molecular weight excluding hydrogens is 472 g/mol. The van der Waals surface area contributed by atoms with Crippen LogP contribution in [0.4, 0.5) is 5.69 Å². The van der Waals surface area contributed by atoms with E-state index >= 15 is 0 Å². The van der Waals surface area contributed by atoms with Gasteiger partial charge >= 0.3 is 0 Å². The van der Waals surface area contributed by atoms with E-state index in [-0.39, 0.29) is 10.6 Å². The normalized spacial score (nSPS) is 11.5. The number of sulfone groups is 1. The van der Waals surface area contributed by atoms with Crippen molar-refractivity contribution in [3.8, 4) is 11.3 Å². The molecule has 5 aromatic rings. The number of nitrogens with one attached hydrogen (secondary N) is 1. The smallest absolute Gasteiger partial charge is 0.274 e. The van der Waals surface area contributed by atoms with E-state index in [1.165, 1.54) is 12.3 Å². The highest BCUT2D eigenvalue weighted by Gasteiger charge is 2.18. The number of rotatable bonds is 6. The van der Waals surface area contributed by atoms with E-state index in [9.17, 15) is 13.2 Å². The van der Waals surface area contributed by atoms with Gasteiger partial charge in [-0.3, -0.25) is 4.79 Å². The molecule has 0 spiro atoms. The van der Waals surface area contributed by atoms with Crippen molar-refractivity contribution in [3.05, 3.63) is 114 Å². The fraction of sp³-hybridized carbons (Fsp3) is 0.107. The summed E-state index contributed by atoms with van der Waals surface area (Å²) >= 11 is 0. The molecule has 7 nitrogen and oxygen atoms in total. The largest absolute Gasteiger partial charge is 0.321 e. The standard InChI is InChI=1S/C28H24N4O3S/c1-19-6-8-20(9-7-19)15-22-16-24(36(2,34)35)17-29-27(22)28(33)30-23-12-10-21(11-13-23)25-18-32-14-4-3-5-26(32)31-25/h3-14,16-18H,15H2,1-2H3,(H,30,33). The Balaban J connectivity index is 1.40. The Labute approximate surface area is 209 Å². The summed E-state index contributed by atoms with van der Waals surface area (Å²) in [5.74, 6) is -0.405. The molecule has 1 N–H and O–H groups in total. The van der Waals surface area contributed by atoms with Crippen LogP contribution in [0, 0.1) is 6.92 Å². The van der Waals surface area contributed by atoms with Crippen molar-refractivity contribution in [1.82, 2.24) is 14.4 Å². The van der Waals surface area contributed by atoms with Gasteiger partial charge in [0.1, 0.15) is 11.3 Å². The maximum absolute atomic E-state index is 13.2. The summed E-state index contributed by atoms with van der Waals surface area (Å²) in [6.45, 7) is 1.99. The van der Waals surface area contributed by atoms with Crippen molar-refractivity contribution in [2.45, 2.75) is 18.2 Å². The topological polar surface area (TPSA) is 93.4 Å². The van der Waals surface area contributed by atoms with Crippen molar-refractivity contribution >= 4 is 27.1 Å². The van der Waals surface area contributed by atoms with E-state index in [2.05, 4.69) is 15.3 Å². The number of fused-ring (bicyclic) bond motifs is 1. The van der Waals surface area contributed by atoms with Crippen molar-refractivity contribution < 1.29 is 13.2 Å². The highest BCUT2D eigenvalue weighted by molar-refractivity contribution is 7.90. The maximum Gasteiger partial charge on any atom is 0.274 e. The molecule has 0 saturated heterocycles. The van der Waals surface area contributed by atoms with Gasteiger partial charge in [0, 0.05) is 36.1 Å². The zero-order valence-corrected chi connectivity index (χ0v) is 20.7. The third-order valence-corrected chi connectivity index (χ3v) is 6.98. The third-order valence-electron chi connectivity index (χ3n) is 5.90. The zero-order valence-electron chi connectivity index (χ0n) is 19.8. The van der Waals surface area contributed by atoms with Crippen LogP contribution in [0.3, 0.4) is 0 Å². The summed E-state index contributed by atoms with van der Waals surface area (Å²) < 4.78 is 26.2. The van der Waals surface area contributed by atoms with Gasteiger partial charge in [0.2, 0.25) is 0 Å². The molecule has 0 atom stereocenters. The fourth-order valence-electron chi connectivity index (χ4n) is 3.94. The maximum atomic E-state index is 13.2. The molecule has 0 saturated carbocycles. The Hall–Kier alpha value is -4.30. The lowest BCUT2D eigenvalue weighted by atomic mass is 10.0. The highest BCUT2D eigenvalue weighted by Crippen LogP contribution is 2.23. The number of carbonyl (C=O) groups excluding carboxylic acids is 1. The van der Waals surface area contributed by atoms with Crippen molar-refractivity contribution in [2.24, 2.45) is 0 Å². The molecule has 0 radical (unpaired) electrons. The molecule has 0 unspecified atom stereocenters. The van der Waals surface area contributed by atoms with Crippen molar-refractivity contribution in [1.29, 1.82) is 0 Å². The molecule has 180 valence electrons. The first-order valence-electron chi connectivity index (χ1n) is 11.4. The molecule has 36 heavy (non-hydrogen) atoms. The number of amides is 1. The van der Waals surface area contributed by atoms with Gasteiger partial charge in [-0.05, 0) is 54.8 Å². The average molecular weight is 497 g/mol. The summed E-state index contributed by atoms with van der Waals surface area (Å²) in [4.78, 5) is 22.1. The summed E-state index contributed by atoms with van der Waals surface area (Å²) in [5, 5.41) is 2.88. The summed E-state index contributed by atoms with van der Waals surface area (Å²) in [6.07, 6.45) is 6.63. The second-order valence-corrected chi connectivity index (χ2v) is 10.8. The predicted molar refractivity (Wildman–Crippen MR) is 140 cm³/mol. The van der Waals surface area contributed by atoms with Crippen LogP contribution in [0.5, 0.6) is 0 Å². The van der Waals surface area contributed by atoms with Gasteiger partial charge in [-0.25, -0.2) is 18.4 Å². The van der Waals surface area contributed by atoms with E-state index in [0.717, 1.165) is 34.3 Å². The van der Waals surface area contributed by atoms with E-state index in [1.54, 1.807) is 0 Å². The minimum absolute atomic E-state index is 0.0815. The Bertz CT molecular complexity index is 1640. The molecule has 3 heterocycles. The van der Waals surface area contributed by atoms with Gasteiger partial charge < -0.3 is 9.72 Å². The lowest BCUT2D eigenvalue weighted by molar-refractivity contribution is 0.102. The van der Waals surface area contributed by atoms with Gasteiger partial charge in [-0.15, -0.1) is 0 Å². The first-order chi connectivity index (χ1) is 17.3. The third kappa shape index (κ3) is 5.04. The van der Waals surface area contributed by atoms with Crippen molar-refractivity contribution in [2.75, 3.05) is 11.6 Å². The summed E-state index contributed by atoms with van der Waals surface area (Å²) in [7, 11) is -3.47. The van der Waals surface area contributed by atoms with Gasteiger partial charge in [0.15, 0.2) is 9.84 Å². The minimum atomic E-state index is -3.47. The van der Waals surface area contributed by atoms with Crippen LogP contribution in [-0.2, 0) is 16.3 Å². The van der Waals surface area contributed by atoms with Crippen LogP contribution in [-0.4, -0.2) is 34.9 Å². The van der Waals surface area contributed by atoms with Crippen LogP contribution in [0.15, 0.2) is 96.3 Å². The Kier molecular flexibility index (Phi) is 6.12. The Morgan fingerprint density at radius 1 is 1.00 bits per heavy atom. The molecule has 1 amide bonds. The number of aryl methyl sites for hydroxylation is 1. The Morgan fingerprint density at radius 3 is 2.44 bits per heavy atom. The summed E-state index contributed by atoms with van der Waals surface area (Å²) in [6, 6.07) is 22.6. The molecule has 0 aliphatic rings. The van der Waals surface area contributed by atoms with Crippen LogP contribution >= 0.6 is 0 Å². The lowest BCUT2D eigenvalue weighted by Crippen LogP contribution is -2.17. The monoisotopic (exact) mass is 496 g/mol. The first-order valence-corrected chi connectivity index (χ1v) is 13.3. The number of nitrogens with zero attached hydrogens (tertiary/aromatic N) is 3. The number of benzene rings is 2. The quantitative estimate of drug-likeness (QED) is 0.359. The summed E-state index contributed by atoms with van der Waals surface area (Å²) in [5.41, 5.74) is 6.01. The molecule has 0 aliphatic heterocycles. The van der Waals surface area contributed by atoms with Crippen LogP contribution in [0.1, 0.15) is 27.2 Å². The number of pyridine rings is 2. The van der Waals surface area contributed by atoms with E-state index in [1.807, 2.05) is 90.4 Å². The average Bonchev–Trinajstić information content (AvgIpc) is 3.30. The van der Waals surface area contributed by atoms with Crippen molar-refractivity contribution in [3.63, 3.8) is 0 Å². The minimum Gasteiger partial charge on any atom is -0.321 e. The fourth-order valence-corrected chi connectivity index (χ4v) is 4.55. The second-order valence-electron chi connectivity index (χ2n) is 8.74. The second kappa shape index (κ2) is 9.39. The zero-order chi connectivity index (χ0) is 25.3. The van der Waals surface area contributed by atoms with Gasteiger partial charge in [-0.1, -0.05) is 48.0 Å². The number of aromatic nitrogens is 3. The SMILES string of the molecule is Cc1ccc(Cc2cc(S(C)(=O)=O)cnc2C(=O)Nc2ccc(-c3cn4ccccc4n3)cc2)cc1. The molecule has 0 bridgehead atoms. The molecule has 0 fully saturated rings. The van der Waals surface area contributed by atoms with E-state index in [4.69, 9.17) is 0 Å². The molecule has 5 rings (SSSR count). The number of hydrogen-bond donors (Lipinski definition) is 1. The van der Waals surface area contributed by atoms with Gasteiger partial charge in [0.25, 0.3) is 5.91 Å². The van der Waals surface area contributed by atoms with Gasteiger partial charge in [-0.2, -0.15) is 0 Å². The lowest BCUT2D eigenvalue weighted by Gasteiger charge is -2.12. The molecule has 0 aliphatic carbocycles. The van der Waals surface area contributed by atoms with Crippen LogP contribution < -0.4 is 5.32 Å². The molecule has 8 heteroatoms. The highest BCUT2D eigenvalue weighted by atomic mass is 32.2. The molecule has 3 aromatic heterocycles. The Morgan fingerprint density at radius 2 is 1.75 bits per heavy atom. The molecular formula is C28H24N4O3S. The number of carbonyl (C=O) groups is 1. The van der Waals surface area contributed by atoms with Crippen LogP contribution in [0.2, 0.25) is 0 Å². The molecule has 2 aromatic carbocycles. The number of hydrogen-bond acceptors (Lipinski definition) is 5. The number of anilines is 1. The number of imidazole rings is 1. The first kappa shape index (κ1) is 23.4. The van der Waals surface area contributed by atoms with E-state index in [0.29, 0.717) is 17.7 Å². The van der Waals surface area contributed by atoms with Gasteiger partial charge in [0.05, 0.1) is 10.6 Å². The van der Waals surface area contributed by atoms with Crippen LogP contribution in [0.25, 0.3) is 16.9 Å². The predicted octanol–water partition coefficient (Wildman–Crippen LogP) is 4.95. The van der Waals surface area contributed by atoms with E-state index < -0.39 is 15.7 Å².